The van der Waals surface area contributed by atoms with Gasteiger partial charge in [0.15, 0.2) is 10.8 Å². The molecule has 0 aliphatic rings. The van der Waals surface area contributed by atoms with Crippen molar-refractivity contribution >= 4 is 28.9 Å². The minimum Gasteiger partial charge on any atom is -0.332 e. The van der Waals surface area contributed by atoms with Crippen molar-refractivity contribution in [2.75, 3.05) is 5.32 Å². The third kappa shape index (κ3) is 5.98. The number of carbonyl (C=O) groups excluding carboxylic acids is 1. The second kappa shape index (κ2) is 9.32. The maximum Gasteiger partial charge on any atom is 0.277 e. The second-order valence-electron chi connectivity index (χ2n) is 6.21. The fourth-order valence-electron chi connectivity index (χ4n) is 2.51. The fraction of sp³-hybridized carbons (Fsp3) is 0.421. The maximum atomic E-state index is 12.1. The Labute approximate surface area is 154 Å². The predicted molar refractivity (Wildman–Crippen MR) is 106 cm³/mol. The summed E-state index contributed by atoms with van der Waals surface area (Å²) in [7, 11) is 1.80. The summed E-state index contributed by atoms with van der Waals surface area (Å²) in [6, 6.07) is 9.89. The van der Waals surface area contributed by atoms with E-state index in [-0.39, 0.29) is 11.0 Å². The van der Waals surface area contributed by atoms with Gasteiger partial charge in [-0.3, -0.25) is 14.8 Å². The lowest BCUT2D eigenvalue weighted by Crippen LogP contribution is -2.34. The Morgan fingerprint density at radius 3 is 2.52 bits per heavy atom. The summed E-state index contributed by atoms with van der Waals surface area (Å²) in [6.07, 6.45) is 6.15. The Hall–Kier alpha value is -2.21. The third-order valence-electron chi connectivity index (χ3n) is 4.10. The topological polar surface area (TPSA) is 58.9 Å². The number of amides is 1. The molecule has 6 heteroatoms. The molecule has 0 saturated carbocycles. The van der Waals surface area contributed by atoms with E-state index in [4.69, 9.17) is 12.2 Å². The van der Waals surface area contributed by atoms with Crippen molar-refractivity contribution in [3.05, 3.63) is 47.3 Å². The van der Waals surface area contributed by atoms with Crippen LogP contribution in [-0.4, -0.2) is 20.8 Å². The summed E-state index contributed by atoms with van der Waals surface area (Å²) in [4.78, 5) is 12.1. The zero-order valence-electron chi connectivity index (χ0n) is 15.1. The van der Waals surface area contributed by atoms with Gasteiger partial charge in [-0.05, 0) is 55.7 Å². The van der Waals surface area contributed by atoms with Crippen LogP contribution in [0, 0.1) is 6.92 Å². The Morgan fingerprint density at radius 1 is 1.20 bits per heavy atom. The van der Waals surface area contributed by atoms with E-state index in [1.165, 1.54) is 31.2 Å². The molecule has 0 fully saturated rings. The van der Waals surface area contributed by atoms with E-state index in [0.29, 0.717) is 5.69 Å². The van der Waals surface area contributed by atoms with E-state index < -0.39 is 0 Å². The zero-order valence-corrected chi connectivity index (χ0v) is 15.9. The van der Waals surface area contributed by atoms with Crippen LogP contribution < -0.4 is 10.6 Å². The highest BCUT2D eigenvalue weighted by Gasteiger charge is 2.12. The minimum atomic E-state index is -0.311. The van der Waals surface area contributed by atoms with E-state index >= 15 is 0 Å². The number of rotatable bonds is 7. The number of nitrogens with one attached hydrogen (secondary N) is 2. The van der Waals surface area contributed by atoms with Crippen LogP contribution in [0.2, 0.25) is 0 Å². The van der Waals surface area contributed by atoms with Crippen molar-refractivity contribution in [3.8, 4) is 0 Å². The lowest BCUT2D eigenvalue weighted by molar-refractivity contribution is 0.0972. The molecule has 134 valence electrons. The molecular formula is C19H26N4OS. The number of unbranched alkanes of at least 4 members (excludes halogenated alkanes) is 3. The second-order valence-corrected chi connectivity index (χ2v) is 6.62. The van der Waals surface area contributed by atoms with Gasteiger partial charge in [0.1, 0.15) is 0 Å². The van der Waals surface area contributed by atoms with Gasteiger partial charge in [-0.2, -0.15) is 5.10 Å². The van der Waals surface area contributed by atoms with Gasteiger partial charge in [-0.15, -0.1) is 0 Å². The van der Waals surface area contributed by atoms with E-state index in [1.54, 1.807) is 17.8 Å². The average molecular weight is 359 g/mol. The molecule has 0 radical (unpaired) electrons. The van der Waals surface area contributed by atoms with Crippen LogP contribution in [0.1, 0.15) is 54.4 Å². The molecule has 0 unspecified atom stereocenters. The highest BCUT2D eigenvalue weighted by molar-refractivity contribution is 7.80. The van der Waals surface area contributed by atoms with Crippen molar-refractivity contribution < 1.29 is 4.79 Å². The Balaban J connectivity index is 1.82. The highest BCUT2D eigenvalue weighted by atomic mass is 32.1. The molecular weight excluding hydrogens is 332 g/mol. The van der Waals surface area contributed by atoms with Gasteiger partial charge in [0.2, 0.25) is 0 Å². The summed E-state index contributed by atoms with van der Waals surface area (Å²) in [5.74, 6) is -0.311. The summed E-state index contributed by atoms with van der Waals surface area (Å²) in [6.45, 7) is 4.11. The number of aryl methyl sites for hydroxylation is 3. The standard InChI is InChI=1S/C19H26N4OS/c1-4-5-6-7-8-15-9-11-16(12-10-15)20-19(25)21-18(24)17-13-14(2)23(3)22-17/h9-13H,4-8H2,1-3H3,(H2,20,21,24,25). The van der Waals surface area contributed by atoms with E-state index in [9.17, 15) is 4.79 Å². The first-order valence-corrected chi connectivity index (χ1v) is 9.12. The molecule has 1 heterocycles. The molecule has 2 N–H and O–H groups in total. The normalized spacial score (nSPS) is 10.5. The van der Waals surface area contributed by atoms with Crippen LogP contribution >= 0.6 is 12.2 Å². The van der Waals surface area contributed by atoms with Crippen LogP contribution in [0.15, 0.2) is 30.3 Å². The zero-order chi connectivity index (χ0) is 18.2. The van der Waals surface area contributed by atoms with Crippen molar-refractivity contribution in [3.63, 3.8) is 0 Å². The first-order valence-electron chi connectivity index (χ1n) is 8.71. The van der Waals surface area contributed by atoms with Crippen molar-refractivity contribution in [1.29, 1.82) is 0 Å². The van der Waals surface area contributed by atoms with E-state index in [2.05, 4.69) is 34.8 Å². The van der Waals surface area contributed by atoms with Crippen molar-refractivity contribution in [2.45, 2.75) is 46.0 Å². The minimum absolute atomic E-state index is 0.268. The van der Waals surface area contributed by atoms with Crippen molar-refractivity contribution in [2.24, 2.45) is 7.05 Å². The number of thiocarbonyl (C=S) groups is 1. The van der Waals surface area contributed by atoms with Crippen LogP contribution in [0.4, 0.5) is 5.69 Å². The number of aromatic nitrogens is 2. The molecule has 0 saturated heterocycles. The largest absolute Gasteiger partial charge is 0.332 e. The molecule has 2 aromatic rings. The molecule has 0 atom stereocenters. The first-order chi connectivity index (χ1) is 12.0. The van der Waals surface area contributed by atoms with Crippen LogP contribution in [0.5, 0.6) is 0 Å². The quantitative estimate of drug-likeness (QED) is 0.581. The number of anilines is 1. The Bertz CT molecular complexity index is 702. The molecule has 1 aromatic carbocycles. The average Bonchev–Trinajstić information content (AvgIpc) is 2.92. The third-order valence-corrected chi connectivity index (χ3v) is 4.31. The van der Waals surface area contributed by atoms with Gasteiger partial charge in [-0.25, -0.2) is 0 Å². The van der Waals surface area contributed by atoms with Gasteiger partial charge >= 0.3 is 0 Å². The smallest absolute Gasteiger partial charge is 0.277 e. The number of benzene rings is 1. The van der Waals surface area contributed by atoms with E-state index in [1.807, 2.05) is 19.1 Å². The lowest BCUT2D eigenvalue weighted by atomic mass is 10.1. The fourth-order valence-corrected chi connectivity index (χ4v) is 2.72. The molecule has 1 amide bonds. The lowest BCUT2D eigenvalue weighted by Gasteiger charge is -2.09. The van der Waals surface area contributed by atoms with Crippen LogP contribution in [0.3, 0.4) is 0 Å². The maximum absolute atomic E-state index is 12.1. The van der Waals surface area contributed by atoms with Crippen molar-refractivity contribution in [1.82, 2.24) is 15.1 Å². The van der Waals surface area contributed by atoms with Gasteiger partial charge < -0.3 is 5.32 Å². The highest BCUT2D eigenvalue weighted by Crippen LogP contribution is 2.13. The summed E-state index contributed by atoms with van der Waals surface area (Å²) < 4.78 is 1.66. The molecule has 0 spiro atoms. The SMILES string of the molecule is CCCCCCc1ccc(NC(=S)NC(=O)c2cc(C)n(C)n2)cc1. The van der Waals surface area contributed by atoms with Crippen LogP contribution in [-0.2, 0) is 13.5 Å². The molecule has 0 aliphatic heterocycles. The predicted octanol–water partition coefficient (Wildman–Crippen LogP) is 3.98. The molecule has 2 rings (SSSR count). The summed E-state index contributed by atoms with van der Waals surface area (Å²) in [5.41, 5.74) is 3.45. The molecule has 0 bridgehead atoms. The number of nitrogens with zero attached hydrogens (tertiary/aromatic N) is 2. The molecule has 0 aliphatic carbocycles. The van der Waals surface area contributed by atoms with Gasteiger partial charge in [0.25, 0.3) is 5.91 Å². The van der Waals surface area contributed by atoms with Crippen LogP contribution in [0.25, 0.3) is 0 Å². The van der Waals surface area contributed by atoms with Gasteiger partial charge in [0, 0.05) is 18.4 Å². The van der Waals surface area contributed by atoms with Gasteiger partial charge in [0.05, 0.1) is 0 Å². The Morgan fingerprint density at radius 2 is 1.92 bits per heavy atom. The van der Waals surface area contributed by atoms with Gasteiger partial charge in [-0.1, -0.05) is 38.3 Å². The summed E-state index contributed by atoms with van der Waals surface area (Å²) in [5, 5.41) is 10.1. The first kappa shape index (κ1) is 19.1. The van der Waals surface area contributed by atoms with E-state index in [0.717, 1.165) is 17.8 Å². The Kier molecular flexibility index (Phi) is 7.13. The molecule has 25 heavy (non-hydrogen) atoms. The monoisotopic (exact) mass is 358 g/mol. The summed E-state index contributed by atoms with van der Waals surface area (Å²) >= 11 is 5.21. The number of carbonyl (C=O) groups is 1. The molecule has 5 nitrogen and oxygen atoms in total. The number of hydrogen-bond donors (Lipinski definition) is 2. The molecule has 1 aromatic heterocycles. The number of hydrogen-bond acceptors (Lipinski definition) is 3.